The molecular formula is C16H35NO2. The van der Waals surface area contributed by atoms with Gasteiger partial charge in [-0.15, -0.1) is 0 Å². The van der Waals surface area contributed by atoms with Gasteiger partial charge in [0.2, 0.25) is 0 Å². The van der Waals surface area contributed by atoms with Gasteiger partial charge in [-0.3, -0.25) is 0 Å². The molecule has 0 aromatic carbocycles. The number of hydrogen-bond donors (Lipinski definition) is 0. The normalized spacial score (nSPS) is 10.8. The highest BCUT2D eigenvalue weighted by atomic mass is 16.4. The van der Waals surface area contributed by atoms with Crippen LogP contribution in [-0.2, 0) is 4.79 Å². The molecule has 0 amide bonds. The maximum atomic E-state index is 9.26. The molecule has 0 N–H and O–H groups in total. The molecule has 3 heteroatoms. The summed E-state index contributed by atoms with van der Waals surface area (Å²) >= 11 is 0. The Morgan fingerprint density at radius 3 is 1.26 bits per heavy atom. The molecule has 0 saturated heterocycles. The van der Waals surface area contributed by atoms with Crippen molar-refractivity contribution in [1.29, 1.82) is 0 Å². The first-order valence-corrected chi connectivity index (χ1v) is 7.99. The van der Waals surface area contributed by atoms with Gasteiger partial charge < -0.3 is 14.4 Å². The van der Waals surface area contributed by atoms with E-state index in [9.17, 15) is 9.90 Å². The van der Waals surface area contributed by atoms with Crippen LogP contribution >= 0.6 is 0 Å². The van der Waals surface area contributed by atoms with Crippen molar-refractivity contribution in [2.24, 2.45) is 0 Å². The first-order chi connectivity index (χ1) is 8.95. The Kier molecular flexibility index (Phi) is 15.1. The summed E-state index contributed by atoms with van der Waals surface area (Å²) in [5, 5.41) is 9.26. The van der Waals surface area contributed by atoms with E-state index in [1.807, 2.05) is 0 Å². The second-order valence-electron chi connectivity index (χ2n) is 5.58. The topological polar surface area (TPSA) is 40.1 Å². The van der Waals surface area contributed by atoms with Crippen molar-refractivity contribution in [3.8, 4) is 0 Å². The van der Waals surface area contributed by atoms with Crippen LogP contribution in [-0.4, -0.2) is 37.1 Å². The minimum Gasteiger partial charge on any atom is -0.550 e. The molecule has 0 aromatic rings. The highest BCUT2D eigenvalue weighted by Crippen LogP contribution is 2.10. The average molecular weight is 273 g/mol. The smallest absolute Gasteiger partial charge is 0.0784 e. The van der Waals surface area contributed by atoms with Gasteiger partial charge in [-0.05, 0) is 25.7 Å². The summed E-state index contributed by atoms with van der Waals surface area (Å²) in [7, 11) is 2.45. The number of carbonyl (C=O) groups is 1. The number of unbranched alkanes of at least 4 members (excludes halogenated alkanes) is 3. The van der Waals surface area contributed by atoms with Gasteiger partial charge in [0.15, 0.2) is 0 Å². The standard InChI is InChI=1S/C13H30N.C3H6O2/c1-5-8-11-14(4,12-9-6-2)13-10-7-3;1-2-3(4)5/h5-13H2,1-4H3;2H2,1H3,(H,4,5)/q+1;/p-1. The molecule has 0 aliphatic rings. The van der Waals surface area contributed by atoms with Crippen molar-refractivity contribution in [2.45, 2.75) is 72.6 Å². The number of carboxylic acids is 1. The number of aliphatic carboxylic acids is 1. The second-order valence-corrected chi connectivity index (χ2v) is 5.58. The quantitative estimate of drug-likeness (QED) is 0.574. The minimum atomic E-state index is -0.995. The van der Waals surface area contributed by atoms with Crippen molar-refractivity contribution in [1.82, 2.24) is 0 Å². The zero-order chi connectivity index (χ0) is 15.1. The third-order valence-corrected chi connectivity index (χ3v) is 3.44. The minimum absolute atomic E-state index is 0.111. The van der Waals surface area contributed by atoms with Crippen molar-refractivity contribution >= 4 is 5.97 Å². The fourth-order valence-corrected chi connectivity index (χ4v) is 1.95. The lowest BCUT2D eigenvalue weighted by atomic mass is 10.2. The summed E-state index contributed by atoms with van der Waals surface area (Å²) in [6.07, 6.45) is 8.31. The molecule has 0 unspecified atom stereocenters. The van der Waals surface area contributed by atoms with E-state index in [2.05, 4.69) is 27.8 Å². The number of carbonyl (C=O) groups excluding carboxylic acids is 1. The third-order valence-electron chi connectivity index (χ3n) is 3.44. The fourth-order valence-electron chi connectivity index (χ4n) is 1.95. The zero-order valence-corrected chi connectivity index (χ0v) is 13.8. The van der Waals surface area contributed by atoms with Gasteiger partial charge in [-0.2, -0.15) is 0 Å². The first kappa shape index (κ1) is 20.7. The molecule has 19 heavy (non-hydrogen) atoms. The van der Waals surface area contributed by atoms with Crippen LogP contribution < -0.4 is 5.11 Å². The molecule has 0 atom stereocenters. The van der Waals surface area contributed by atoms with Gasteiger partial charge in [-0.25, -0.2) is 0 Å². The van der Waals surface area contributed by atoms with E-state index in [0.717, 1.165) is 0 Å². The summed E-state index contributed by atoms with van der Waals surface area (Å²) in [6.45, 7) is 12.6. The summed E-state index contributed by atoms with van der Waals surface area (Å²) < 4.78 is 1.32. The summed E-state index contributed by atoms with van der Waals surface area (Å²) in [6, 6.07) is 0. The van der Waals surface area contributed by atoms with Gasteiger partial charge in [0.1, 0.15) is 0 Å². The van der Waals surface area contributed by atoms with Crippen molar-refractivity contribution < 1.29 is 14.4 Å². The van der Waals surface area contributed by atoms with Gasteiger partial charge in [-0.1, -0.05) is 47.0 Å². The molecule has 0 aliphatic heterocycles. The molecule has 0 bridgehead atoms. The molecule has 0 fully saturated rings. The maximum absolute atomic E-state index is 9.26. The number of quaternary nitrogens is 1. The van der Waals surface area contributed by atoms with Crippen LogP contribution in [0.25, 0.3) is 0 Å². The fraction of sp³-hybridized carbons (Fsp3) is 0.938. The molecule has 0 aromatic heterocycles. The summed E-state index contributed by atoms with van der Waals surface area (Å²) in [5.74, 6) is -0.995. The molecule has 0 saturated carbocycles. The van der Waals surface area contributed by atoms with Gasteiger partial charge >= 0.3 is 0 Å². The molecule has 0 aliphatic carbocycles. The largest absolute Gasteiger partial charge is 0.550 e. The predicted molar refractivity (Wildman–Crippen MR) is 80.8 cm³/mol. The lowest BCUT2D eigenvalue weighted by Gasteiger charge is -2.34. The molecule has 0 heterocycles. The predicted octanol–water partition coefficient (Wildman–Crippen LogP) is 2.98. The van der Waals surface area contributed by atoms with Crippen molar-refractivity contribution in [3.63, 3.8) is 0 Å². The summed E-state index contributed by atoms with van der Waals surface area (Å²) in [5.41, 5.74) is 0. The average Bonchev–Trinajstić information content (AvgIpc) is 2.41. The zero-order valence-electron chi connectivity index (χ0n) is 13.8. The highest BCUT2D eigenvalue weighted by Gasteiger charge is 2.18. The Hall–Kier alpha value is -0.570. The first-order valence-electron chi connectivity index (χ1n) is 7.99. The lowest BCUT2D eigenvalue weighted by molar-refractivity contribution is -0.910. The number of nitrogens with zero attached hydrogens (tertiary/aromatic N) is 1. The Bertz CT molecular complexity index is 183. The van der Waals surface area contributed by atoms with Crippen LogP contribution in [0, 0.1) is 0 Å². The molecule has 116 valence electrons. The van der Waals surface area contributed by atoms with E-state index in [4.69, 9.17) is 0 Å². The Morgan fingerprint density at radius 1 is 0.842 bits per heavy atom. The molecule has 0 radical (unpaired) electrons. The van der Waals surface area contributed by atoms with Gasteiger partial charge in [0.25, 0.3) is 0 Å². The van der Waals surface area contributed by atoms with Crippen LogP contribution in [0.4, 0.5) is 0 Å². The van der Waals surface area contributed by atoms with E-state index in [1.54, 1.807) is 0 Å². The van der Waals surface area contributed by atoms with Crippen LogP contribution in [0.1, 0.15) is 72.6 Å². The van der Waals surface area contributed by atoms with E-state index in [0.29, 0.717) is 0 Å². The van der Waals surface area contributed by atoms with Crippen molar-refractivity contribution in [3.05, 3.63) is 0 Å². The van der Waals surface area contributed by atoms with Crippen LogP contribution in [0.3, 0.4) is 0 Å². The highest BCUT2D eigenvalue weighted by molar-refractivity contribution is 5.63. The Balaban J connectivity index is 0. The molecule has 0 rings (SSSR count). The molecular weight excluding hydrogens is 238 g/mol. The Morgan fingerprint density at radius 2 is 1.11 bits per heavy atom. The monoisotopic (exact) mass is 273 g/mol. The van der Waals surface area contributed by atoms with Crippen LogP contribution in [0.5, 0.6) is 0 Å². The lowest BCUT2D eigenvalue weighted by Crippen LogP contribution is -2.46. The van der Waals surface area contributed by atoms with Crippen LogP contribution in [0.2, 0.25) is 0 Å². The van der Waals surface area contributed by atoms with E-state index in [1.165, 1.54) is 69.6 Å². The molecule has 0 spiro atoms. The van der Waals surface area contributed by atoms with E-state index >= 15 is 0 Å². The van der Waals surface area contributed by atoms with Gasteiger partial charge in [0, 0.05) is 5.97 Å². The molecule has 3 nitrogen and oxygen atoms in total. The van der Waals surface area contributed by atoms with Crippen LogP contribution in [0.15, 0.2) is 0 Å². The third kappa shape index (κ3) is 15.4. The number of rotatable bonds is 10. The maximum Gasteiger partial charge on any atom is 0.0784 e. The van der Waals surface area contributed by atoms with Gasteiger partial charge in [0.05, 0.1) is 26.7 Å². The SMILES string of the molecule is CCC(=O)[O-].CCCC[N+](C)(CCCC)CCCC. The van der Waals surface area contributed by atoms with Crippen molar-refractivity contribution in [2.75, 3.05) is 26.7 Å². The van der Waals surface area contributed by atoms with E-state index in [-0.39, 0.29) is 6.42 Å². The second kappa shape index (κ2) is 13.9. The Labute approximate surface area is 120 Å². The number of hydrogen-bond acceptors (Lipinski definition) is 2. The van der Waals surface area contributed by atoms with E-state index < -0.39 is 5.97 Å². The number of carboxylic acid groups (broad SMARTS) is 1. The summed E-state index contributed by atoms with van der Waals surface area (Å²) in [4.78, 5) is 9.26.